The third-order valence-electron chi connectivity index (χ3n) is 3.50. The summed E-state index contributed by atoms with van der Waals surface area (Å²) < 4.78 is 0. The van der Waals surface area contributed by atoms with Gasteiger partial charge in [0.1, 0.15) is 5.52 Å². The van der Waals surface area contributed by atoms with Crippen LogP contribution in [0.2, 0.25) is 5.28 Å². The van der Waals surface area contributed by atoms with Gasteiger partial charge >= 0.3 is 0 Å². The number of imidazole rings is 1. The number of carbonyl (C=O) groups excluding carboxylic acids is 1. The second kappa shape index (κ2) is 8.10. The summed E-state index contributed by atoms with van der Waals surface area (Å²) in [6.45, 7) is 6.55. The molecule has 2 aromatic heterocycles. The molecule has 0 aliphatic carbocycles. The molecule has 0 radical (unpaired) electrons. The third kappa shape index (κ3) is 5.35. The van der Waals surface area contributed by atoms with E-state index >= 15 is 0 Å². The highest BCUT2D eigenvalue weighted by Crippen LogP contribution is 2.18. The summed E-state index contributed by atoms with van der Waals surface area (Å²) in [5, 5.41) is 6.04. The van der Waals surface area contributed by atoms with Crippen LogP contribution in [0.5, 0.6) is 0 Å². The van der Waals surface area contributed by atoms with E-state index in [9.17, 15) is 4.79 Å². The number of aromatic nitrogens is 4. The second-order valence-corrected chi connectivity index (χ2v) is 6.43. The molecule has 0 bridgehead atoms. The zero-order chi connectivity index (χ0) is 16.8. The molecule has 3 N–H and O–H groups in total. The minimum atomic E-state index is -0.0792. The first-order valence-electron chi connectivity index (χ1n) is 7.85. The standard InChI is InChI=1S/C15H23ClN6O/c1-9(2)5-4-6-10(3)20-11(23)7-17-13-12-14(19-8-18-12)22-15(16)21-13/h8-10H,4-7H2,1-3H3,(H,20,23)(H2,17,18,19,21,22). The average Bonchev–Trinajstić information content (AvgIpc) is 2.92. The van der Waals surface area contributed by atoms with E-state index in [4.69, 9.17) is 11.6 Å². The maximum atomic E-state index is 12.0. The molecule has 0 fully saturated rings. The minimum Gasteiger partial charge on any atom is -0.359 e. The molecular formula is C15H23ClN6O. The normalized spacial score (nSPS) is 12.6. The van der Waals surface area contributed by atoms with Crippen LogP contribution in [0.25, 0.3) is 11.2 Å². The molecule has 126 valence electrons. The Bertz CT molecular complexity index is 656. The van der Waals surface area contributed by atoms with Crippen molar-refractivity contribution in [2.24, 2.45) is 5.92 Å². The summed E-state index contributed by atoms with van der Waals surface area (Å²) in [6, 6.07) is 0.157. The van der Waals surface area contributed by atoms with E-state index in [-0.39, 0.29) is 23.8 Å². The van der Waals surface area contributed by atoms with E-state index < -0.39 is 0 Å². The molecule has 0 saturated carbocycles. The molecule has 0 aliphatic heterocycles. The number of rotatable bonds is 8. The van der Waals surface area contributed by atoms with Gasteiger partial charge in [-0.15, -0.1) is 0 Å². The molecule has 0 saturated heterocycles. The van der Waals surface area contributed by atoms with Crippen LogP contribution in [0.1, 0.15) is 40.0 Å². The van der Waals surface area contributed by atoms with Gasteiger partial charge in [-0.3, -0.25) is 4.79 Å². The molecule has 0 aliphatic rings. The number of anilines is 1. The number of amides is 1. The van der Waals surface area contributed by atoms with Crippen LogP contribution in [-0.2, 0) is 4.79 Å². The molecule has 7 nitrogen and oxygen atoms in total. The molecule has 1 unspecified atom stereocenters. The Kier molecular flexibility index (Phi) is 6.15. The van der Waals surface area contributed by atoms with E-state index in [0.29, 0.717) is 22.9 Å². The van der Waals surface area contributed by atoms with Gasteiger partial charge < -0.3 is 15.6 Å². The Balaban J connectivity index is 1.82. The van der Waals surface area contributed by atoms with Crippen LogP contribution in [0, 0.1) is 5.92 Å². The lowest BCUT2D eigenvalue weighted by atomic mass is 10.0. The number of nitrogens with one attached hydrogen (secondary N) is 3. The molecule has 1 amide bonds. The molecule has 2 aromatic rings. The Morgan fingerprint density at radius 1 is 1.30 bits per heavy atom. The molecule has 23 heavy (non-hydrogen) atoms. The highest BCUT2D eigenvalue weighted by atomic mass is 35.5. The van der Waals surface area contributed by atoms with Gasteiger partial charge in [0.25, 0.3) is 0 Å². The Morgan fingerprint density at radius 3 is 2.83 bits per heavy atom. The van der Waals surface area contributed by atoms with Crippen molar-refractivity contribution in [1.29, 1.82) is 0 Å². The van der Waals surface area contributed by atoms with E-state index in [1.54, 1.807) is 0 Å². The van der Waals surface area contributed by atoms with Gasteiger partial charge in [-0.05, 0) is 30.9 Å². The molecule has 2 heterocycles. The topological polar surface area (TPSA) is 95.6 Å². The molecular weight excluding hydrogens is 316 g/mol. The molecule has 1 atom stereocenters. The lowest BCUT2D eigenvalue weighted by Gasteiger charge is -2.15. The van der Waals surface area contributed by atoms with Crippen LogP contribution in [0.15, 0.2) is 6.33 Å². The van der Waals surface area contributed by atoms with Gasteiger partial charge in [-0.2, -0.15) is 9.97 Å². The summed E-state index contributed by atoms with van der Waals surface area (Å²) in [4.78, 5) is 27.0. The number of hydrogen-bond donors (Lipinski definition) is 3. The summed E-state index contributed by atoms with van der Waals surface area (Å²) >= 11 is 5.85. The van der Waals surface area contributed by atoms with Crippen molar-refractivity contribution >= 4 is 34.5 Å². The first-order valence-corrected chi connectivity index (χ1v) is 8.23. The summed E-state index contributed by atoms with van der Waals surface area (Å²) in [7, 11) is 0. The Morgan fingerprint density at radius 2 is 2.09 bits per heavy atom. The number of hydrogen-bond acceptors (Lipinski definition) is 5. The van der Waals surface area contributed by atoms with Gasteiger partial charge in [0.15, 0.2) is 11.5 Å². The monoisotopic (exact) mass is 338 g/mol. The summed E-state index contributed by atoms with van der Waals surface area (Å²) in [5.74, 6) is 1.09. The fourth-order valence-electron chi connectivity index (χ4n) is 2.33. The van der Waals surface area contributed by atoms with Gasteiger partial charge in [-0.1, -0.05) is 26.7 Å². The fraction of sp³-hybridized carbons (Fsp3) is 0.600. The van der Waals surface area contributed by atoms with Gasteiger partial charge in [0.05, 0.1) is 12.9 Å². The number of aromatic amines is 1. The second-order valence-electron chi connectivity index (χ2n) is 6.09. The molecule has 2 rings (SSSR count). The number of H-pyrrole nitrogens is 1. The average molecular weight is 339 g/mol. The van der Waals surface area contributed by atoms with Crippen LogP contribution in [-0.4, -0.2) is 38.4 Å². The molecule has 0 spiro atoms. The Labute approximate surface area is 140 Å². The quantitative estimate of drug-likeness (QED) is 0.643. The third-order valence-corrected chi connectivity index (χ3v) is 3.67. The Hall–Kier alpha value is -1.89. The van der Waals surface area contributed by atoms with Crippen molar-refractivity contribution in [1.82, 2.24) is 25.3 Å². The summed E-state index contributed by atoms with van der Waals surface area (Å²) in [6.07, 6.45) is 4.78. The minimum absolute atomic E-state index is 0.0792. The van der Waals surface area contributed by atoms with Crippen LogP contribution in [0.4, 0.5) is 5.82 Å². The van der Waals surface area contributed by atoms with Gasteiger partial charge in [-0.25, -0.2) is 4.98 Å². The van der Waals surface area contributed by atoms with Crippen molar-refractivity contribution in [2.75, 3.05) is 11.9 Å². The van der Waals surface area contributed by atoms with Crippen LogP contribution >= 0.6 is 11.6 Å². The SMILES string of the molecule is CC(C)CCCC(C)NC(=O)CNc1nc(Cl)nc2nc[nH]c12. The number of carbonyl (C=O) groups is 1. The van der Waals surface area contributed by atoms with Crippen LogP contribution in [0.3, 0.4) is 0 Å². The summed E-state index contributed by atoms with van der Waals surface area (Å²) in [5.41, 5.74) is 1.10. The molecule has 0 aromatic carbocycles. The maximum Gasteiger partial charge on any atom is 0.239 e. The highest BCUT2D eigenvalue weighted by molar-refractivity contribution is 6.28. The smallest absolute Gasteiger partial charge is 0.239 e. The highest BCUT2D eigenvalue weighted by Gasteiger charge is 2.11. The van der Waals surface area contributed by atoms with E-state index in [2.05, 4.69) is 44.4 Å². The molecule has 8 heteroatoms. The number of fused-ring (bicyclic) bond motifs is 1. The zero-order valence-corrected chi connectivity index (χ0v) is 14.4. The first-order chi connectivity index (χ1) is 11.0. The zero-order valence-electron chi connectivity index (χ0n) is 13.7. The van der Waals surface area contributed by atoms with E-state index in [0.717, 1.165) is 12.8 Å². The fourth-order valence-corrected chi connectivity index (χ4v) is 2.49. The van der Waals surface area contributed by atoms with Crippen molar-refractivity contribution in [2.45, 2.75) is 46.1 Å². The first kappa shape index (κ1) is 17.5. The van der Waals surface area contributed by atoms with Crippen molar-refractivity contribution in [3.8, 4) is 0 Å². The largest absolute Gasteiger partial charge is 0.359 e. The van der Waals surface area contributed by atoms with Gasteiger partial charge in [0, 0.05) is 6.04 Å². The van der Waals surface area contributed by atoms with E-state index in [1.807, 2.05) is 6.92 Å². The van der Waals surface area contributed by atoms with E-state index in [1.165, 1.54) is 12.7 Å². The van der Waals surface area contributed by atoms with Crippen molar-refractivity contribution < 1.29 is 4.79 Å². The van der Waals surface area contributed by atoms with Gasteiger partial charge in [0.2, 0.25) is 11.2 Å². The maximum absolute atomic E-state index is 12.0. The van der Waals surface area contributed by atoms with Crippen molar-refractivity contribution in [3.63, 3.8) is 0 Å². The predicted octanol–water partition coefficient (Wildman–Crippen LogP) is 2.75. The van der Waals surface area contributed by atoms with Crippen molar-refractivity contribution in [3.05, 3.63) is 11.6 Å². The van der Waals surface area contributed by atoms with Crippen LogP contribution < -0.4 is 10.6 Å². The predicted molar refractivity (Wildman–Crippen MR) is 91.5 cm³/mol. The number of halogens is 1. The lowest BCUT2D eigenvalue weighted by molar-refractivity contribution is -0.120. The lowest BCUT2D eigenvalue weighted by Crippen LogP contribution is -2.36. The number of nitrogens with zero attached hydrogens (tertiary/aromatic N) is 3.